The van der Waals surface area contributed by atoms with E-state index in [1.807, 2.05) is 54.3 Å². The first kappa shape index (κ1) is 40.4. The Morgan fingerprint density at radius 2 is 1.78 bits per heavy atom. The Balaban J connectivity index is 0.000000178. The molecule has 1 amide bonds. The molecule has 2 atom stereocenters. The molecule has 58 heavy (non-hydrogen) atoms. The number of aromatic amines is 1. The van der Waals surface area contributed by atoms with Crippen molar-refractivity contribution in [3.05, 3.63) is 70.8 Å². The van der Waals surface area contributed by atoms with Crippen LogP contribution in [0.1, 0.15) is 44.2 Å². The van der Waals surface area contributed by atoms with E-state index in [9.17, 15) is 14.0 Å². The zero-order chi connectivity index (χ0) is 40.9. The minimum atomic E-state index is -0.568. The van der Waals surface area contributed by atoms with Gasteiger partial charge in [-0.1, -0.05) is 0 Å². The lowest BCUT2D eigenvalue weighted by atomic mass is 9.92. The third-order valence-electron chi connectivity index (χ3n) is 11.0. The van der Waals surface area contributed by atoms with Crippen LogP contribution in [0.4, 0.5) is 20.6 Å². The van der Waals surface area contributed by atoms with E-state index in [0.717, 1.165) is 91.1 Å². The van der Waals surface area contributed by atoms with Crippen molar-refractivity contribution in [2.24, 2.45) is 5.92 Å². The molecule has 2 N–H and O–H groups in total. The van der Waals surface area contributed by atoms with E-state index < -0.39 is 12.8 Å². The van der Waals surface area contributed by atoms with E-state index in [1.165, 1.54) is 14.2 Å². The molecule has 3 aliphatic rings. The first-order valence-electron chi connectivity index (χ1n) is 19.7. The predicted molar refractivity (Wildman–Crippen MR) is 222 cm³/mol. The number of H-pyrrole nitrogens is 1. The van der Waals surface area contributed by atoms with E-state index in [-0.39, 0.29) is 18.2 Å². The average Bonchev–Trinajstić information content (AvgIpc) is 3.82. The van der Waals surface area contributed by atoms with Gasteiger partial charge in [0.15, 0.2) is 0 Å². The highest BCUT2D eigenvalue weighted by Gasteiger charge is 2.33. The number of benzene rings is 3. The number of anilines is 2. The van der Waals surface area contributed by atoms with E-state index in [2.05, 4.69) is 27.3 Å². The number of hydrogen-bond donors (Lipinski definition) is 2. The summed E-state index contributed by atoms with van der Waals surface area (Å²) in [6, 6.07) is 13.5. The number of alkyl halides is 1. The molecule has 1 saturated heterocycles. The summed E-state index contributed by atoms with van der Waals surface area (Å²) in [6.07, 6.45) is 8.47. The molecule has 14 nitrogen and oxygen atoms in total. The maximum atomic E-state index is 12.9. The largest absolute Gasteiger partial charge is 0.497 e. The molecule has 308 valence electrons. The number of carbonyl (C=O) groups is 1. The smallest absolute Gasteiger partial charge is 0.414 e. The molecule has 5 aromatic rings. The molecule has 2 aliphatic heterocycles. The Labute approximate surface area is 337 Å². The standard InChI is InChI=1S/C23H28N4O4.C20H24FN3O3/c1-27-8-7-14(13-27)12-24-18-9-15(29-2)5-6-17(18)22-25-19-10-16(30-3)11-20(31-4)21(19)23(28)26-22;1-13-3-6-17-18(24(13)20(25)26-2)8-7-16(19(17)27-10-9-21)14-11-22-23(12-14)15-4-5-15/h5-6,9-11,14,24H,7-8,12-13H2,1-4H3,(H,25,26,28);7-8,11-13,15H,3-6,9-10H2,1-2H3/t;13-/m.0/s1. The normalized spacial score (nSPS) is 17.6. The number of methoxy groups -OCH3 is 4. The van der Waals surface area contributed by atoms with Crippen molar-refractivity contribution in [2.45, 2.75) is 51.1 Å². The summed E-state index contributed by atoms with van der Waals surface area (Å²) < 4.78 is 41.8. The highest BCUT2D eigenvalue weighted by atomic mass is 19.1. The average molecular weight is 798 g/mol. The van der Waals surface area contributed by atoms with E-state index in [0.29, 0.717) is 45.9 Å². The SMILES string of the molecule is COC(=O)N1c2ccc(-c3cnn(C4CC4)c3)c(OCCF)c2CC[C@@H]1C.COc1ccc(-c2nc3cc(OC)cc(OC)c3c(=O)[nH]2)c(NCC2CCN(C)C2)c1. The van der Waals surface area contributed by atoms with Gasteiger partial charge in [0.05, 0.1) is 51.9 Å². The summed E-state index contributed by atoms with van der Waals surface area (Å²) in [5, 5.41) is 8.40. The van der Waals surface area contributed by atoms with Gasteiger partial charge in [-0.15, -0.1) is 0 Å². The number of halogens is 1. The Hall–Kier alpha value is -5.83. The van der Waals surface area contributed by atoms with Crippen molar-refractivity contribution >= 4 is 28.4 Å². The molecule has 1 unspecified atom stereocenters. The number of likely N-dealkylation sites (tertiary alicyclic amines) is 1. The fourth-order valence-corrected chi connectivity index (χ4v) is 7.80. The van der Waals surface area contributed by atoms with E-state index in [4.69, 9.17) is 28.7 Å². The number of nitrogens with one attached hydrogen (secondary N) is 2. The lowest BCUT2D eigenvalue weighted by Gasteiger charge is -2.35. The number of ether oxygens (including phenoxy) is 5. The van der Waals surface area contributed by atoms with Crippen LogP contribution in [0.25, 0.3) is 33.4 Å². The van der Waals surface area contributed by atoms with E-state index in [1.54, 1.807) is 31.3 Å². The molecule has 2 fully saturated rings. The van der Waals surface area contributed by atoms with Gasteiger partial charge in [0.1, 0.15) is 47.5 Å². The van der Waals surface area contributed by atoms with Crippen LogP contribution in [0.2, 0.25) is 0 Å². The van der Waals surface area contributed by atoms with Crippen LogP contribution in [-0.4, -0.2) is 105 Å². The topological polar surface area (TPSA) is 145 Å². The van der Waals surface area contributed by atoms with Gasteiger partial charge in [0.25, 0.3) is 5.56 Å². The molecule has 15 heteroatoms. The Morgan fingerprint density at radius 1 is 0.983 bits per heavy atom. The van der Waals surface area contributed by atoms with Gasteiger partial charge in [0.2, 0.25) is 0 Å². The summed E-state index contributed by atoms with van der Waals surface area (Å²) in [4.78, 5) is 36.8. The minimum Gasteiger partial charge on any atom is -0.497 e. The summed E-state index contributed by atoms with van der Waals surface area (Å²) in [5.74, 6) is 3.42. The monoisotopic (exact) mass is 797 g/mol. The zero-order valence-electron chi connectivity index (χ0n) is 34.0. The van der Waals surface area contributed by atoms with Crippen molar-refractivity contribution in [2.75, 3.05) is 78.6 Å². The number of rotatable bonds is 12. The highest BCUT2D eigenvalue weighted by molar-refractivity contribution is 5.92. The fraction of sp³-hybridized carbons (Fsp3) is 0.442. The minimum absolute atomic E-state index is 0.0198. The lowest BCUT2D eigenvalue weighted by Crippen LogP contribution is -2.42. The number of aromatic nitrogens is 4. The van der Waals surface area contributed by atoms with Gasteiger partial charge in [-0.25, -0.2) is 14.2 Å². The second-order valence-electron chi connectivity index (χ2n) is 15.0. The van der Waals surface area contributed by atoms with Gasteiger partial charge < -0.3 is 38.9 Å². The fourth-order valence-electron chi connectivity index (χ4n) is 7.80. The third kappa shape index (κ3) is 8.54. The number of fused-ring (bicyclic) bond motifs is 2. The second-order valence-corrected chi connectivity index (χ2v) is 15.0. The van der Waals surface area contributed by atoms with Crippen molar-refractivity contribution in [3.8, 4) is 45.5 Å². The van der Waals surface area contributed by atoms with Crippen LogP contribution in [0.3, 0.4) is 0 Å². The molecular formula is C43H52FN7O7. The predicted octanol–water partition coefficient (Wildman–Crippen LogP) is 7.12. The number of amides is 1. The van der Waals surface area contributed by atoms with Gasteiger partial charge in [-0.3, -0.25) is 14.4 Å². The van der Waals surface area contributed by atoms with Crippen LogP contribution in [0, 0.1) is 5.92 Å². The lowest BCUT2D eigenvalue weighted by molar-refractivity contribution is 0.175. The molecule has 2 aromatic heterocycles. The van der Waals surface area contributed by atoms with Crippen LogP contribution < -0.4 is 34.7 Å². The first-order chi connectivity index (χ1) is 28.2. The number of hydrogen-bond acceptors (Lipinski definition) is 11. The van der Waals surface area contributed by atoms with Gasteiger partial charge in [0, 0.05) is 71.5 Å². The molecule has 0 bridgehead atoms. The maximum Gasteiger partial charge on any atom is 0.414 e. The Kier molecular flexibility index (Phi) is 12.4. The Morgan fingerprint density at radius 3 is 2.47 bits per heavy atom. The first-order valence-corrected chi connectivity index (χ1v) is 19.7. The molecule has 1 aliphatic carbocycles. The number of nitrogens with zero attached hydrogens (tertiary/aromatic N) is 5. The van der Waals surface area contributed by atoms with Gasteiger partial charge in [-0.2, -0.15) is 5.10 Å². The van der Waals surface area contributed by atoms with Crippen LogP contribution in [-0.2, 0) is 11.2 Å². The summed E-state index contributed by atoms with van der Waals surface area (Å²) in [6.45, 7) is 4.42. The summed E-state index contributed by atoms with van der Waals surface area (Å²) in [7, 11) is 8.25. The quantitative estimate of drug-likeness (QED) is 0.133. The molecule has 3 aromatic carbocycles. The molecule has 4 heterocycles. The highest BCUT2D eigenvalue weighted by Crippen LogP contribution is 2.44. The molecular weight excluding hydrogens is 746 g/mol. The molecule has 0 spiro atoms. The van der Waals surface area contributed by atoms with Crippen molar-refractivity contribution in [1.82, 2.24) is 24.6 Å². The second kappa shape index (κ2) is 17.8. The van der Waals surface area contributed by atoms with Crippen LogP contribution in [0.5, 0.6) is 23.0 Å². The van der Waals surface area contributed by atoms with Gasteiger partial charge in [-0.05, 0) is 82.8 Å². The Bertz CT molecular complexity index is 2310. The summed E-state index contributed by atoms with van der Waals surface area (Å²) in [5.41, 5.74) is 5.43. The van der Waals surface area contributed by atoms with Gasteiger partial charge >= 0.3 is 6.09 Å². The molecule has 0 radical (unpaired) electrons. The van der Waals surface area contributed by atoms with Crippen molar-refractivity contribution < 1.29 is 32.9 Å². The van der Waals surface area contributed by atoms with Crippen LogP contribution in [0.15, 0.2) is 59.7 Å². The molecule has 8 rings (SSSR count). The van der Waals surface area contributed by atoms with Crippen molar-refractivity contribution in [1.29, 1.82) is 0 Å². The molecule has 1 saturated carbocycles. The third-order valence-corrected chi connectivity index (χ3v) is 11.0. The zero-order valence-corrected chi connectivity index (χ0v) is 34.0. The maximum absolute atomic E-state index is 12.9. The van der Waals surface area contributed by atoms with Crippen LogP contribution >= 0.6 is 0 Å². The van der Waals surface area contributed by atoms with E-state index >= 15 is 0 Å². The number of carbonyl (C=O) groups excluding carboxylic acids is 1. The summed E-state index contributed by atoms with van der Waals surface area (Å²) >= 11 is 0. The van der Waals surface area contributed by atoms with Crippen molar-refractivity contribution in [3.63, 3.8) is 0 Å².